The number of ketones is 1. The lowest BCUT2D eigenvalue weighted by Crippen LogP contribution is -2.20. The molecule has 0 aliphatic rings. The SMILES string of the molecule is CC(=O)Oc1c(C(=O)C(C)(C)C)sc2ncccc12. The van der Waals surface area contributed by atoms with Gasteiger partial charge in [0.05, 0.1) is 5.39 Å². The lowest BCUT2D eigenvalue weighted by molar-refractivity contribution is -0.131. The fourth-order valence-corrected chi connectivity index (χ4v) is 2.87. The zero-order valence-corrected chi connectivity index (χ0v) is 12.1. The van der Waals surface area contributed by atoms with Crippen LogP contribution in [0.5, 0.6) is 5.75 Å². The van der Waals surface area contributed by atoms with Crippen LogP contribution in [0.3, 0.4) is 0 Å². The zero-order valence-electron chi connectivity index (χ0n) is 11.3. The molecule has 0 aliphatic carbocycles. The van der Waals surface area contributed by atoms with Crippen LogP contribution in [0, 0.1) is 5.41 Å². The zero-order chi connectivity index (χ0) is 14.2. The van der Waals surface area contributed by atoms with Crippen molar-refractivity contribution in [2.24, 2.45) is 5.41 Å². The maximum Gasteiger partial charge on any atom is 0.308 e. The van der Waals surface area contributed by atoms with Gasteiger partial charge in [0, 0.05) is 18.5 Å². The van der Waals surface area contributed by atoms with Gasteiger partial charge in [0.2, 0.25) is 0 Å². The van der Waals surface area contributed by atoms with Crippen LogP contribution in [0.25, 0.3) is 10.2 Å². The summed E-state index contributed by atoms with van der Waals surface area (Å²) in [5.41, 5.74) is -0.532. The minimum Gasteiger partial charge on any atom is -0.424 e. The number of Topliss-reactive ketones (excluding diaryl/α,β-unsaturated/α-hetero) is 1. The first-order chi connectivity index (χ1) is 8.80. The summed E-state index contributed by atoms with van der Waals surface area (Å²) >= 11 is 1.26. The Hall–Kier alpha value is -1.75. The highest BCUT2D eigenvalue weighted by molar-refractivity contribution is 7.21. The average Bonchev–Trinajstić information content (AvgIpc) is 2.65. The summed E-state index contributed by atoms with van der Waals surface area (Å²) < 4.78 is 5.23. The predicted molar refractivity (Wildman–Crippen MR) is 74.7 cm³/mol. The molecule has 2 aromatic rings. The molecule has 0 bridgehead atoms. The summed E-state index contributed by atoms with van der Waals surface area (Å²) in [6, 6.07) is 3.56. The van der Waals surface area contributed by atoms with Crippen molar-refractivity contribution in [3.8, 4) is 5.75 Å². The minimum atomic E-state index is -0.532. The van der Waals surface area contributed by atoms with Gasteiger partial charge >= 0.3 is 5.97 Å². The first-order valence-electron chi connectivity index (χ1n) is 5.91. The number of ether oxygens (including phenoxy) is 1. The summed E-state index contributed by atoms with van der Waals surface area (Å²) in [6.07, 6.45) is 1.65. The molecule has 5 heteroatoms. The molecule has 0 saturated heterocycles. The topological polar surface area (TPSA) is 56.3 Å². The van der Waals surface area contributed by atoms with Crippen LogP contribution in [-0.4, -0.2) is 16.7 Å². The second kappa shape index (κ2) is 4.74. The van der Waals surface area contributed by atoms with Gasteiger partial charge in [0.25, 0.3) is 0 Å². The van der Waals surface area contributed by atoms with E-state index in [0.717, 1.165) is 0 Å². The molecule has 100 valence electrons. The van der Waals surface area contributed by atoms with E-state index in [2.05, 4.69) is 4.98 Å². The second-order valence-corrected chi connectivity index (χ2v) is 6.29. The van der Waals surface area contributed by atoms with Gasteiger partial charge in [0.15, 0.2) is 11.5 Å². The molecule has 0 aromatic carbocycles. The first kappa shape index (κ1) is 13.7. The van der Waals surface area contributed by atoms with E-state index in [1.165, 1.54) is 18.3 Å². The maximum atomic E-state index is 12.4. The number of hydrogen-bond acceptors (Lipinski definition) is 5. The van der Waals surface area contributed by atoms with Crippen molar-refractivity contribution >= 4 is 33.3 Å². The molecule has 0 radical (unpaired) electrons. The van der Waals surface area contributed by atoms with Crippen LogP contribution in [0.15, 0.2) is 18.3 Å². The molecule has 0 atom stereocenters. The van der Waals surface area contributed by atoms with E-state index in [-0.39, 0.29) is 5.78 Å². The van der Waals surface area contributed by atoms with Crippen molar-refractivity contribution in [1.29, 1.82) is 0 Å². The predicted octanol–water partition coefficient (Wildman–Crippen LogP) is 3.45. The van der Waals surface area contributed by atoms with Crippen LogP contribution in [0.4, 0.5) is 0 Å². The summed E-state index contributed by atoms with van der Waals surface area (Å²) in [5.74, 6) is -0.154. The van der Waals surface area contributed by atoms with Crippen LogP contribution in [0.2, 0.25) is 0 Å². The molecular formula is C14H15NO3S. The largest absolute Gasteiger partial charge is 0.424 e. The van der Waals surface area contributed by atoms with Crippen molar-refractivity contribution in [1.82, 2.24) is 4.98 Å². The summed E-state index contributed by atoms with van der Waals surface area (Å²) in [4.78, 5) is 29.0. The van der Waals surface area contributed by atoms with E-state index in [1.807, 2.05) is 20.8 Å². The number of thiophene rings is 1. The Morgan fingerprint density at radius 1 is 1.32 bits per heavy atom. The Morgan fingerprint density at radius 3 is 2.58 bits per heavy atom. The molecule has 19 heavy (non-hydrogen) atoms. The first-order valence-corrected chi connectivity index (χ1v) is 6.73. The number of aromatic nitrogens is 1. The number of carbonyl (C=O) groups excluding carboxylic acids is 2. The number of esters is 1. The van der Waals surface area contributed by atoms with Crippen molar-refractivity contribution < 1.29 is 14.3 Å². The lowest BCUT2D eigenvalue weighted by atomic mass is 9.89. The van der Waals surface area contributed by atoms with E-state index >= 15 is 0 Å². The number of rotatable bonds is 2. The number of fused-ring (bicyclic) bond motifs is 1. The summed E-state index contributed by atoms with van der Waals surface area (Å²) in [5, 5.41) is 0.704. The molecule has 0 spiro atoms. The third-order valence-electron chi connectivity index (χ3n) is 2.55. The highest BCUT2D eigenvalue weighted by Crippen LogP contribution is 2.40. The molecule has 0 unspecified atom stereocenters. The highest BCUT2D eigenvalue weighted by atomic mass is 32.1. The van der Waals surface area contributed by atoms with Crippen molar-refractivity contribution in [3.63, 3.8) is 0 Å². The van der Waals surface area contributed by atoms with Gasteiger partial charge in [-0.05, 0) is 12.1 Å². The van der Waals surface area contributed by atoms with Crippen molar-refractivity contribution in [2.45, 2.75) is 27.7 Å². The van der Waals surface area contributed by atoms with Gasteiger partial charge in [-0.1, -0.05) is 20.8 Å². The quantitative estimate of drug-likeness (QED) is 0.623. The van der Waals surface area contributed by atoms with E-state index < -0.39 is 11.4 Å². The Labute approximate surface area is 115 Å². The fourth-order valence-electron chi connectivity index (χ4n) is 1.65. The minimum absolute atomic E-state index is 0.0493. The van der Waals surface area contributed by atoms with Gasteiger partial charge in [-0.3, -0.25) is 9.59 Å². The van der Waals surface area contributed by atoms with Crippen LogP contribution >= 0.6 is 11.3 Å². The molecule has 2 aromatic heterocycles. The van der Waals surface area contributed by atoms with E-state index in [9.17, 15) is 9.59 Å². The molecule has 0 fully saturated rings. The molecular weight excluding hydrogens is 262 g/mol. The Bertz CT molecular complexity index is 652. The molecule has 2 rings (SSSR count). The number of carbonyl (C=O) groups is 2. The molecule has 0 aliphatic heterocycles. The van der Waals surface area contributed by atoms with Gasteiger partial charge in [-0.25, -0.2) is 4.98 Å². The van der Waals surface area contributed by atoms with Gasteiger partial charge in [-0.2, -0.15) is 0 Å². The molecule has 0 saturated carbocycles. The standard InChI is InChI=1S/C14H15NO3S/c1-8(16)18-10-9-6-5-7-15-13(9)19-11(10)12(17)14(2,3)4/h5-7H,1-4H3. The third kappa shape index (κ3) is 2.66. The summed E-state index contributed by atoms with van der Waals surface area (Å²) in [7, 11) is 0. The second-order valence-electron chi connectivity index (χ2n) is 5.29. The Morgan fingerprint density at radius 2 is 2.00 bits per heavy atom. The van der Waals surface area contributed by atoms with Gasteiger partial charge in [-0.15, -0.1) is 11.3 Å². The average molecular weight is 277 g/mol. The summed E-state index contributed by atoms with van der Waals surface area (Å²) in [6.45, 7) is 6.84. The Kier molecular flexibility index (Phi) is 3.41. The molecule has 2 heterocycles. The Balaban J connectivity index is 2.65. The van der Waals surface area contributed by atoms with Crippen LogP contribution in [0.1, 0.15) is 37.4 Å². The third-order valence-corrected chi connectivity index (χ3v) is 3.65. The number of hydrogen-bond donors (Lipinski definition) is 0. The van der Waals surface area contributed by atoms with E-state index in [0.29, 0.717) is 20.8 Å². The lowest BCUT2D eigenvalue weighted by Gasteiger charge is -2.16. The smallest absolute Gasteiger partial charge is 0.308 e. The van der Waals surface area contributed by atoms with E-state index in [1.54, 1.807) is 18.3 Å². The molecule has 4 nitrogen and oxygen atoms in total. The normalized spacial score (nSPS) is 11.6. The van der Waals surface area contributed by atoms with E-state index in [4.69, 9.17) is 4.74 Å². The van der Waals surface area contributed by atoms with Crippen LogP contribution in [-0.2, 0) is 4.79 Å². The monoisotopic (exact) mass is 277 g/mol. The highest BCUT2D eigenvalue weighted by Gasteiger charge is 2.30. The van der Waals surface area contributed by atoms with Crippen LogP contribution < -0.4 is 4.74 Å². The van der Waals surface area contributed by atoms with Crippen molar-refractivity contribution in [2.75, 3.05) is 0 Å². The van der Waals surface area contributed by atoms with Gasteiger partial charge in [0.1, 0.15) is 9.71 Å². The van der Waals surface area contributed by atoms with Gasteiger partial charge < -0.3 is 4.74 Å². The number of nitrogens with zero attached hydrogens (tertiary/aromatic N) is 1. The van der Waals surface area contributed by atoms with Crippen molar-refractivity contribution in [3.05, 3.63) is 23.2 Å². The maximum absolute atomic E-state index is 12.4. The number of pyridine rings is 1. The molecule has 0 amide bonds. The fraction of sp³-hybridized carbons (Fsp3) is 0.357. The molecule has 0 N–H and O–H groups in total.